The van der Waals surface area contributed by atoms with E-state index < -0.39 is 5.97 Å². The Morgan fingerprint density at radius 1 is 1.11 bits per heavy atom. The maximum atomic E-state index is 12.5. The van der Waals surface area contributed by atoms with Crippen molar-refractivity contribution in [2.24, 2.45) is 0 Å². The van der Waals surface area contributed by atoms with Crippen molar-refractivity contribution in [3.63, 3.8) is 0 Å². The number of likely N-dealkylation sites (tertiary alicyclic amines) is 1. The van der Waals surface area contributed by atoms with Crippen molar-refractivity contribution < 1.29 is 18.7 Å². The van der Waals surface area contributed by atoms with Gasteiger partial charge >= 0.3 is 5.97 Å². The fraction of sp³-hybridized carbons (Fsp3) is 0.391. The fourth-order valence-corrected chi connectivity index (χ4v) is 4.34. The molecule has 1 saturated heterocycles. The van der Waals surface area contributed by atoms with Gasteiger partial charge in [0.25, 0.3) is 5.91 Å². The molecule has 0 unspecified atom stereocenters. The lowest BCUT2D eigenvalue weighted by molar-refractivity contribution is -0.154. The third-order valence-corrected chi connectivity index (χ3v) is 5.71. The van der Waals surface area contributed by atoms with Gasteiger partial charge in [0.05, 0.1) is 12.7 Å². The van der Waals surface area contributed by atoms with E-state index in [0.29, 0.717) is 0 Å². The summed E-state index contributed by atoms with van der Waals surface area (Å²) in [5.41, 5.74) is 1.53. The third-order valence-electron chi connectivity index (χ3n) is 5.71. The molecule has 2 atom stereocenters. The molecule has 1 aliphatic rings. The highest BCUT2D eigenvalue weighted by atomic mass is 16.5. The molecule has 4 rings (SSSR count). The van der Waals surface area contributed by atoms with Crippen LogP contribution in [0.2, 0.25) is 0 Å². The first-order valence-electron chi connectivity index (χ1n) is 9.89. The molecule has 0 N–H and O–H groups in total. The Morgan fingerprint density at radius 3 is 2.64 bits per heavy atom. The standard InChI is InChI=1S/C23H25NO4/c1-15-6-5-7-16(2)24(15)21(25)14-28-22(26)12-18-13-27-20-11-10-17-8-3-4-9-19(17)23(18)20/h3-4,8-11,13,15-16H,5-7,12,14H2,1-2H3/t15-,16-/m0/s1. The second-order valence-electron chi connectivity index (χ2n) is 7.69. The highest BCUT2D eigenvalue weighted by molar-refractivity contribution is 6.08. The van der Waals surface area contributed by atoms with Crippen LogP contribution in [-0.2, 0) is 20.7 Å². The molecular formula is C23H25NO4. The van der Waals surface area contributed by atoms with Crippen LogP contribution < -0.4 is 0 Å². The lowest BCUT2D eigenvalue weighted by Gasteiger charge is -2.38. The average molecular weight is 379 g/mol. The topological polar surface area (TPSA) is 59.8 Å². The zero-order chi connectivity index (χ0) is 19.7. The van der Waals surface area contributed by atoms with E-state index in [1.165, 1.54) is 0 Å². The second-order valence-corrected chi connectivity index (χ2v) is 7.69. The summed E-state index contributed by atoms with van der Waals surface area (Å²) >= 11 is 0. The van der Waals surface area contributed by atoms with Gasteiger partial charge in [-0.3, -0.25) is 9.59 Å². The smallest absolute Gasteiger partial charge is 0.310 e. The third kappa shape index (κ3) is 3.49. The zero-order valence-corrected chi connectivity index (χ0v) is 16.3. The molecule has 0 bridgehead atoms. The van der Waals surface area contributed by atoms with Crippen molar-refractivity contribution >= 4 is 33.6 Å². The second kappa shape index (κ2) is 7.66. The molecule has 1 amide bonds. The number of fused-ring (bicyclic) bond motifs is 3. The minimum atomic E-state index is -0.415. The van der Waals surface area contributed by atoms with Crippen LogP contribution >= 0.6 is 0 Å². The maximum absolute atomic E-state index is 12.5. The number of carbonyl (C=O) groups is 2. The maximum Gasteiger partial charge on any atom is 0.310 e. The molecule has 1 fully saturated rings. The number of piperidine rings is 1. The minimum Gasteiger partial charge on any atom is -0.464 e. The molecule has 1 aliphatic heterocycles. The van der Waals surface area contributed by atoms with Gasteiger partial charge in [0.1, 0.15) is 5.58 Å². The summed E-state index contributed by atoms with van der Waals surface area (Å²) in [5.74, 6) is -0.531. The molecule has 0 radical (unpaired) electrons. The largest absolute Gasteiger partial charge is 0.464 e. The predicted octanol–water partition coefficient (Wildman–Crippen LogP) is 4.46. The molecule has 0 aliphatic carbocycles. The Morgan fingerprint density at radius 2 is 1.86 bits per heavy atom. The van der Waals surface area contributed by atoms with Gasteiger partial charge in [0.2, 0.25) is 0 Å². The van der Waals surface area contributed by atoms with Crippen LogP contribution in [0, 0.1) is 0 Å². The Kier molecular flexibility index (Phi) is 5.07. The van der Waals surface area contributed by atoms with Crippen LogP contribution in [-0.4, -0.2) is 35.5 Å². The first kappa shape index (κ1) is 18.5. The first-order valence-corrected chi connectivity index (χ1v) is 9.89. The van der Waals surface area contributed by atoms with E-state index >= 15 is 0 Å². The van der Waals surface area contributed by atoms with Crippen molar-refractivity contribution in [3.8, 4) is 0 Å². The van der Waals surface area contributed by atoms with Crippen LogP contribution in [0.1, 0.15) is 38.7 Å². The molecule has 5 nitrogen and oxygen atoms in total. The number of benzene rings is 2. The predicted molar refractivity (Wildman–Crippen MR) is 108 cm³/mol. The number of hydrogen-bond donors (Lipinski definition) is 0. The van der Waals surface area contributed by atoms with Crippen molar-refractivity contribution in [1.29, 1.82) is 0 Å². The number of ether oxygens (including phenoxy) is 1. The quantitative estimate of drug-likeness (QED) is 0.628. The molecule has 5 heteroatoms. The number of rotatable bonds is 4. The highest BCUT2D eigenvalue weighted by Crippen LogP contribution is 2.30. The summed E-state index contributed by atoms with van der Waals surface area (Å²) in [7, 11) is 0. The SMILES string of the molecule is C[C@H]1CCC[C@H](C)N1C(=O)COC(=O)Cc1coc2ccc3ccccc3c12. The summed E-state index contributed by atoms with van der Waals surface area (Å²) in [4.78, 5) is 26.8. The van der Waals surface area contributed by atoms with E-state index in [1.807, 2.05) is 41.3 Å². The van der Waals surface area contributed by atoms with Gasteiger partial charge in [-0.25, -0.2) is 0 Å². The van der Waals surface area contributed by atoms with Crippen molar-refractivity contribution in [2.75, 3.05) is 6.61 Å². The molecule has 2 heterocycles. The number of carbonyl (C=O) groups excluding carboxylic acids is 2. The minimum absolute atomic E-state index is 0.0827. The van der Waals surface area contributed by atoms with E-state index in [2.05, 4.69) is 13.8 Å². The average Bonchev–Trinajstić information content (AvgIpc) is 3.09. The van der Waals surface area contributed by atoms with E-state index in [-0.39, 0.29) is 31.0 Å². The number of hydrogen-bond acceptors (Lipinski definition) is 4. The number of amides is 1. The lowest BCUT2D eigenvalue weighted by Crippen LogP contribution is -2.49. The number of nitrogens with zero attached hydrogens (tertiary/aromatic N) is 1. The zero-order valence-electron chi connectivity index (χ0n) is 16.3. The van der Waals surface area contributed by atoms with Crippen LogP contribution in [0.15, 0.2) is 47.1 Å². The summed E-state index contributed by atoms with van der Waals surface area (Å²) in [6.45, 7) is 3.90. The molecule has 28 heavy (non-hydrogen) atoms. The highest BCUT2D eigenvalue weighted by Gasteiger charge is 2.29. The molecule has 0 spiro atoms. The van der Waals surface area contributed by atoms with E-state index in [9.17, 15) is 9.59 Å². The number of esters is 1. The summed E-state index contributed by atoms with van der Waals surface area (Å²) < 4.78 is 10.9. The molecular weight excluding hydrogens is 354 g/mol. The van der Waals surface area contributed by atoms with Crippen molar-refractivity contribution in [1.82, 2.24) is 4.90 Å². The molecule has 3 aromatic rings. The van der Waals surface area contributed by atoms with Crippen LogP contribution in [0.3, 0.4) is 0 Å². The molecule has 1 aromatic heterocycles. The van der Waals surface area contributed by atoms with Crippen molar-refractivity contribution in [3.05, 3.63) is 48.2 Å². The summed E-state index contributed by atoms with van der Waals surface area (Å²) in [6.07, 6.45) is 4.82. The Balaban J connectivity index is 1.46. The Hall–Kier alpha value is -2.82. The van der Waals surface area contributed by atoms with Crippen LogP contribution in [0.4, 0.5) is 0 Å². The molecule has 2 aromatic carbocycles. The van der Waals surface area contributed by atoms with Gasteiger partial charge in [0.15, 0.2) is 6.61 Å². The lowest BCUT2D eigenvalue weighted by atomic mass is 9.97. The monoisotopic (exact) mass is 379 g/mol. The van der Waals surface area contributed by atoms with Gasteiger partial charge < -0.3 is 14.1 Å². The normalized spacial score (nSPS) is 19.9. The van der Waals surface area contributed by atoms with Crippen molar-refractivity contribution in [2.45, 2.75) is 51.6 Å². The van der Waals surface area contributed by atoms with Gasteiger partial charge in [-0.1, -0.05) is 30.3 Å². The fourth-order valence-electron chi connectivity index (χ4n) is 4.34. The van der Waals surface area contributed by atoms with Gasteiger partial charge in [-0.05, 0) is 49.9 Å². The summed E-state index contributed by atoms with van der Waals surface area (Å²) in [5, 5.41) is 3.07. The summed E-state index contributed by atoms with van der Waals surface area (Å²) in [6, 6.07) is 12.3. The molecule has 0 saturated carbocycles. The first-order chi connectivity index (χ1) is 13.5. The van der Waals surface area contributed by atoms with Crippen LogP contribution in [0.5, 0.6) is 0 Å². The van der Waals surface area contributed by atoms with Gasteiger partial charge in [-0.2, -0.15) is 0 Å². The van der Waals surface area contributed by atoms with Gasteiger partial charge in [0, 0.05) is 23.0 Å². The van der Waals surface area contributed by atoms with Crippen LogP contribution in [0.25, 0.3) is 21.7 Å². The van der Waals surface area contributed by atoms with E-state index in [1.54, 1.807) is 6.26 Å². The molecule has 146 valence electrons. The van der Waals surface area contributed by atoms with Gasteiger partial charge in [-0.15, -0.1) is 0 Å². The Bertz CT molecular complexity index is 1010. The van der Waals surface area contributed by atoms with E-state index in [0.717, 1.165) is 46.6 Å². The number of furan rings is 1. The Labute approximate surface area is 164 Å². The van der Waals surface area contributed by atoms with E-state index in [4.69, 9.17) is 9.15 Å².